The lowest BCUT2D eigenvalue weighted by molar-refractivity contribution is 0.0599. The van der Waals surface area contributed by atoms with Gasteiger partial charge in [0.15, 0.2) is 0 Å². The van der Waals surface area contributed by atoms with Crippen molar-refractivity contribution in [1.82, 2.24) is 10.2 Å². The second-order valence-electron chi connectivity index (χ2n) is 5.89. The normalized spacial score (nSPS) is 16.9. The van der Waals surface area contributed by atoms with Gasteiger partial charge in [-0.1, -0.05) is 25.1 Å². The molecule has 4 heteroatoms. The van der Waals surface area contributed by atoms with Crippen molar-refractivity contribution >= 4 is 5.97 Å². The first kappa shape index (κ1) is 16.0. The molecule has 1 aliphatic rings. The van der Waals surface area contributed by atoms with Crippen LogP contribution in [0.4, 0.5) is 0 Å². The summed E-state index contributed by atoms with van der Waals surface area (Å²) in [6, 6.07) is 7.61. The van der Waals surface area contributed by atoms with Crippen molar-refractivity contribution in [3.63, 3.8) is 0 Å². The maximum absolute atomic E-state index is 11.7. The number of likely N-dealkylation sites (tertiary alicyclic amines) is 1. The Hall–Kier alpha value is -1.39. The lowest BCUT2D eigenvalue weighted by atomic mass is 10.1. The second-order valence-corrected chi connectivity index (χ2v) is 5.89. The average molecular weight is 290 g/mol. The number of nitrogens with zero attached hydrogens (tertiary/aromatic N) is 1. The van der Waals surface area contributed by atoms with Gasteiger partial charge in [-0.3, -0.25) is 0 Å². The molecule has 1 unspecified atom stereocenters. The van der Waals surface area contributed by atoms with Crippen LogP contribution >= 0.6 is 0 Å². The lowest BCUT2D eigenvalue weighted by Gasteiger charge is -2.20. The summed E-state index contributed by atoms with van der Waals surface area (Å²) in [5.41, 5.74) is 1.65. The molecule has 1 aliphatic heterocycles. The molecule has 1 aromatic carbocycles. The van der Waals surface area contributed by atoms with Crippen LogP contribution < -0.4 is 5.32 Å². The van der Waals surface area contributed by atoms with Crippen LogP contribution in [0.25, 0.3) is 0 Å². The first-order valence-corrected chi connectivity index (χ1v) is 7.80. The first-order chi connectivity index (χ1) is 10.2. The summed E-state index contributed by atoms with van der Waals surface area (Å²) in [7, 11) is 1.42. The first-order valence-electron chi connectivity index (χ1n) is 7.80. The summed E-state index contributed by atoms with van der Waals surface area (Å²) in [4.78, 5) is 14.2. The van der Waals surface area contributed by atoms with Crippen LogP contribution in [0.3, 0.4) is 0 Å². The van der Waals surface area contributed by atoms with Crippen LogP contribution in [-0.2, 0) is 11.3 Å². The number of rotatable bonds is 7. The zero-order valence-corrected chi connectivity index (χ0v) is 13.1. The number of ether oxygens (including phenoxy) is 1. The molecule has 0 saturated carbocycles. The molecule has 0 aliphatic carbocycles. The number of hydrogen-bond acceptors (Lipinski definition) is 4. The molecular formula is C17H26N2O2. The van der Waals surface area contributed by atoms with Crippen molar-refractivity contribution in [1.29, 1.82) is 0 Å². The molecule has 1 saturated heterocycles. The van der Waals surface area contributed by atoms with E-state index in [4.69, 9.17) is 4.74 Å². The highest BCUT2D eigenvalue weighted by Crippen LogP contribution is 2.11. The highest BCUT2D eigenvalue weighted by molar-refractivity contribution is 5.90. The Morgan fingerprint density at radius 2 is 2.05 bits per heavy atom. The number of nitrogens with one attached hydrogen (secondary N) is 1. The molecule has 2 rings (SSSR count). The molecule has 0 aromatic heterocycles. The topological polar surface area (TPSA) is 41.6 Å². The minimum absolute atomic E-state index is 0.266. The van der Waals surface area contributed by atoms with Crippen LogP contribution in [0.1, 0.15) is 35.7 Å². The molecule has 1 aromatic rings. The van der Waals surface area contributed by atoms with Crippen molar-refractivity contribution in [2.24, 2.45) is 5.92 Å². The predicted molar refractivity (Wildman–Crippen MR) is 84.3 cm³/mol. The monoisotopic (exact) mass is 290 g/mol. The molecule has 0 amide bonds. The van der Waals surface area contributed by atoms with Gasteiger partial charge in [0.1, 0.15) is 0 Å². The van der Waals surface area contributed by atoms with Gasteiger partial charge in [0.25, 0.3) is 0 Å². The molecule has 0 bridgehead atoms. The number of carbonyl (C=O) groups is 1. The molecule has 1 heterocycles. The third-order valence-corrected chi connectivity index (χ3v) is 4.00. The van der Waals surface area contributed by atoms with E-state index in [9.17, 15) is 4.79 Å². The lowest BCUT2D eigenvalue weighted by Crippen LogP contribution is -2.31. The fraction of sp³-hybridized carbons (Fsp3) is 0.588. The molecule has 21 heavy (non-hydrogen) atoms. The molecule has 1 atom stereocenters. The largest absolute Gasteiger partial charge is 0.465 e. The van der Waals surface area contributed by atoms with E-state index in [0.29, 0.717) is 18.0 Å². The van der Waals surface area contributed by atoms with Crippen LogP contribution in [-0.4, -0.2) is 44.2 Å². The van der Waals surface area contributed by atoms with E-state index in [1.807, 2.05) is 24.3 Å². The van der Waals surface area contributed by atoms with Gasteiger partial charge in [0.2, 0.25) is 0 Å². The van der Waals surface area contributed by atoms with Crippen molar-refractivity contribution < 1.29 is 9.53 Å². The third kappa shape index (κ3) is 4.83. The quantitative estimate of drug-likeness (QED) is 0.782. The van der Waals surface area contributed by atoms with Gasteiger partial charge in [0, 0.05) is 13.1 Å². The smallest absolute Gasteiger partial charge is 0.338 e. The van der Waals surface area contributed by atoms with E-state index in [1.165, 1.54) is 33.0 Å². The van der Waals surface area contributed by atoms with Gasteiger partial charge in [-0.15, -0.1) is 0 Å². The van der Waals surface area contributed by atoms with Gasteiger partial charge in [-0.25, -0.2) is 4.79 Å². The van der Waals surface area contributed by atoms with E-state index in [0.717, 1.165) is 18.7 Å². The molecule has 116 valence electrons. The Labute approximate surface area is 127 Å². The number of benzene rings is 1. The number of methoxy groups -OCH3 is 1. The Morgan fingerprint density at radius 1 is 1.33 bits per heavy atom. The summed E-state index contributed by atoms with van der Waals surface area (Å²) in [5, 5.41) is 3.46. The Kier molecular flexibility index (Phi) is 6.21. The molecule has 1 N–H and O–H groups in total. The SMILES string of the molecule is COC(=O)c1ccccc1CNCC(C)CN1CCCC1. The van der Waals surface area contributed by atoms with E-state index < -0.39 is 0 Å². The maximum atomic E-state index is 11.7. The standard InChI is InChI=1S/C17H26N2O2/c1-14(13-19-9-5-6-10-19)11-18-12-15-7-3-4-8-16(15)17(20)21-2/h3-4,7-8,14,18H,5-6,9-13H2,1-2H3. The summed E-state index contributed by atoms with van der Waals surface area (Å²) in [5.74, 6) is 0.353. The van der Waals surface area contributed by atoms with Crippen molar-refractivity contribution in [2.45, 2.75) is 26.3 Å². The van der Waals surface area contributed by atoms with Crippen LogP contribution in [0.15, 0.2) is 24.3 Å². The van der Waals surface area contributed by atoms with Gasteiger partial charge in [-0.05, 0) is 50.0 Å². The highest BCUT2D eigenvalue weighted by Gasteiger charge is 2.15. The van der Waals surface area contributed by atoms with E-state index in [-0.39, 0.29) is 5.97 Å². The number of carbonyl (C=O) groups excluding carboxylic acids is 1. The fourth-order valence-corrected chi connectivity index (χ4v) is 2.91. The van der Waals surface area contributed by atoms with Crippen LogP contribution in [0, 0.1) is 5.92 Å². The Bertz CT molecular complexity index is 456. The van der Waals surface area contributed by atoms with E-state index in [2.05, 4.69) is 17.1 Å². The van der Waals surface area contributed by atoms with E-state index >= 15 is 0 Å². The summed E-state index contributed by atoms with van der Waals surface area (Å²) < 4.78 is 4.82. The Morgan fingerprint density at radius 3 is 2.76 bits per heavy atom. The van der Waals surface area contributed by atoms with Gasteiger partial charge >= 0.3 is 5.97 Å². The Balaban J connectivity index is 1.78. The van der Waals surface area contributed by atoms with Gasteiger partial charge in [0.05, 0.1) is 12.7 Å². The van der Waals surface area contributed by atoms with Gasteiger partial charge < -0.3 is 15.0 Å². The molecule has 0 radical (unpaired) electrons. The maximum Gasteiger partial charge on any atom is 0.338 e. The summed E-state index contributed by atoms with van der Waals surface area (Å²) in [6.45, 7) is 7.59. The number of hydrogen-bond donors (Lipinski definition) is 1. The third-order valence-electron chi connectivity index (χ3n) is 4.00. The van der Waals surface area contributed by atoms with Crippen molar-refractivity contribution in [3.05, 3.63) is 35.4 Å². The van der Waals surface area contributed by atoms with Crippen molar-refractivity contribution in [2.75, 3.05) is 33.3 Å². The number of esters is 1. The summed E-state index contributed by atoms with van der Waals surface area (Å²) in [6.07, 6.45) is 2.68. The minimum atomic E-state index is -0.266. The summed E-state index contributed by atoms with van der Waals surface area (Å²) >= 11 is 0. The molecule has 0 spiro atoms. The van der Waals surface area contributed by atoms with Crippen LogP contribution in [0.2, 0.25) is 0 Å². The molecular weight excluding hydrogens is 264 g/mol. The zero-order valence-electron chi connectivity index (χ0n) is 13.1. The fourth-order valence-electron chi connectivity index (χ4n) is 2.91. The van der Waals surface area contributed by atoms with Crippen LogP contribution in [0.5, 0.6) is 0 Å². The minimum Gasteiger partial charge on any atom is -0.465 e. The predicted octanol–water partition coefficient (Wildman–Crippen LogP) is 2.29. The van der Waals surface area contributed by atoms with E-state index in [1.54, 1.807) is 0 Å². The second kappa shape index (κ2) is 8.15. The highest BCUT2D eigenvalue weighted by atomic mass is 16.5. The van der Waals surface area contributed by atoms with Gasteiger partial charge in [-0.2, -0.15) is 0 Å². The average Bonchev–Trinajstić information content (AvgIpc) is 3.00. The molecule has 1 fully saturated rings. The molecule has 4 nitrogen and oxygen atoms in total. The van der Waals surface area contributed by atoms with Crippen molar-refractivity contribution in [3.8, 4) is 0 Å². The zero-order chi connectivity index (χ0) is 15.1.